The number of ether oxygens (including phenoxy) is 2. The number of allylic oxidation sites excluding steroid dienone is 1. The Kier molecular flexibility index (Phi) is 8.34. The van der Waals surface area contributed by atoms with Crippen LogP contribution in [0.4, 0.5) is 0 Å². The topological polar surface area (TPSA) is 126 Å². The van der Waals surface area contributed by atoms with Crippen LogP contribution < -0.4 is 5.32 Å². The molecular formula is C24H27N3O6S. The van der Waals surface area contributed by atoms with Gasteiger partial charge in [-0.3, -0.25) is 14.4 Å². The highest BCUT2D eigenvalue weighted by molar-refractivity contribution is 8.03. The smallest absolute Gasteiger partial charge is 0.337 e. The number of esters is 2. The first kappa shape index (κ1) is 25.3. The summed E-state index contributed by atoms with van der Waals surface area (Å²) in [7, 11) is 2.44. The Labute approximate surface area is 202 Å². The zero-order chi connectivity index (χ0) is 24.8. The summed E-state index contributed by atoms with van der Waals surface area (Å²) in [5, 5.41) is 12.9. The minimum atomic E-state index is -1.29. The molecule has 9 nitrogen and oxygen atoms in total. The van der Waals surface area contributed by atoms with Gasteiger partial charge in [0, 0.05) is 18.5 Å². The first-order valence-electron chi connectivity index (χ1n) is 11.0. The minimum Gasteiger partial charge on any atom is -0.468 e. The molecule has 0 radical (unpaired) electrons. The highest BCUT2D eigenvalue weighted by atomic mass is 32.2. The lowest BCUT2D eigenvalue weighted by Crippen LogP contribution is -2.45. The maximum absolute atomic E-state index is 12.9. The Bertz CT molecular complexity index is 1050. The number of amides is 2. The van der Waals surface area contributed by atoms with E-state index in [2.05, 4.69) is 11.4 Å². The molecule has 2 amide bonds. The molecule has 0 bridgehead atoms. The molecule has 1 aromatic carbocycles. The average Bonchev–Trinajstić information content (AvgIpc) is 2.86. The maximum Gasteiger partial charge on any atom is 0.337 e. The highest BCUT2D eigenvalue weighted by Gasteiger charge is 2.44. The lowest BCUT2D eigenvalue weighted by Gasteiger charge is -2.34. The summed E-state index contributed by atoms with van der Waals surface area (Å²) in [6.45, 7) is 2.70. The van der Waals surface area contributed by atoms with Crippen LogP contribution in [0.15, 0.2) is 34.9 Å². The van der Waals surface area contributed by atoms with Gasteiger partial charge in [0.05, 0.1) is 42.2 Å². The van der Waals surface area contributed by atoms with Gasteiger partial charge < -0.3 is 19.7 Å². The Morgan fingerprint density at radius 3 is 2.47 bits per heavy atom. The van der Waals surface area contributed by atoms with Crippen molar-refractivity contribution < 1.29 is 28.7 Å². The third-order valence-corrected chi connectivity index (χ3v) is 7.14. The molecule has 0 saturated carbocycles. The van der Waals surface area contributed by atoms with Gasteiger partial charge in [0.2, 0.25) is 11.8 Å². The van der Waals surface area contributed by atoms with Crippen molar-refractivity contribution in [1.82, 2.24) is 10.2 Å². The first-order valence-corrected chi connectivity index (χ1v) is 11.9. The molecular weight excluding hydrogens is 458 g/mol. The zero-order valence-corrected chi connectivity index (χ0v) is 20.1. The van der Waals surface area contributed by atoms with Crippen molar-refractivity contribution in [2.45, 2.75) is 38.1 Å². The number of carbonyl (C=O) groups is 4. The molecule has 0 aliphatic carbocycles. The van der Waals surface area contributed by atoms with Gasteiger partial charge in [-0.1, -0.05) is 23.9 Å². The van der Waals surface area contributed by atoms with Gasteiger partial charge in [-0.25, -0.2) is 4.79 Å². The van der Waals surface area contributed by atoms with E-state index in [9.17, 15) is 24.4 Å². The quantitative estimate of drug-likeness (QED) is 0.481. The molecule has 2 aliphatic rings. The van der Waals surface area contributed by atoms with Crippen LogP contribution in [0.2, 0.25) is 0 Å². The summed E-state index contributed by atoms with van der Waals surface area (Å²) in [5.41, 5.74) is 0.938. The predicted molar refractivity (Wildman–Crippen MR) is 124 cm³/mol. The molecule has 10 heteroatoms. The number of benzene rings is 1. The standard InChI is InChI=1S/C24H27N3O6S/c1-14-6-4-5-11-27(14)18(28)13-34-22-17(12-25)19(20(21(29)26-22)24(31)33-3)15-7-9-16(10-8-15)23(30)32-2/h7-10,14,19-20H,4-6,11,13H2,1-3H3,(H,26,29)/t14-,19-,20+/m1/s1. The molecule has 1 fully saturated rings. The predicted octanol–water partition coefficient (Wildman–Crippen LogP) is 2.35. The fourth-order valence-corrected chi connectivity index (χ4v) is 5.24. The first-order chi connectivity index (χ1) is 16.3. The Hall–Kier alpha value is -3.32. The van der Waals surface area contributed by atoms with E-state index >= 15 is 0 Å². The number of hydrogen-bond donors (Lipinski definition) is 1. The second-order valence-electron chi connectivity index (χ2n) is 8.16. The summed E-state index contributed by atoms with van der Waals surface area (Å²) in [5.74, 6) is -4.15. The number of rotatable bonds is 6. The Morgan fingerprint density at radius 2 is 1.88 bits per heavy atom. The maximum atomic E-state index is 12.9. The van der Waals surface area contributed by atoms with Gasteiger partial charge in [0.1, 0.15) is 5.92 Å². The van der Waals surface area contributed by atoms with E-state index < -0.39 is 29.7 Å². The summed E-state index contributed by atoms with van der Waals surface area (Å²) < 4.78 is 9.54. The Morgan fingerprint density at radius 1 is 1.18 bits per heavy atom. The molecule has 1 aromatic rings. The van der Waals surface area contributed by atoms with E-state index in [0.717, 1.165) is 31.0 Å². The second-order valence-corrected chi connectivity index (χ2v) is 9.14. The van der Waals surface area contributed by atoms with Gasteiger partial charge in [-0.15, -0.1) is 0 Å². The monoisotopic (exact) mass is 485 g/mol. The van der Waals surface area contributed by atoms with Crippen LogP contribution in [0.3, 0.4) is 0 Å². The number of carbonyl (C=O) groups excluding carboxylic acids is 4. The summed E-state index contributed by atoms with van der Waals surface area (Å²) in [6.07, 6.45) is 2.99. The van der Waals surface area contributed by atoms with E-state index in [-0.39, 0.29) is 28.3 Å². The Balaban J connectivity index is 1.93. The molecule has 1 saturated heterocycles. The normalized spacial score (nSPS) is 22.5. The van der Waals surface area contributed by atoms with Crippen LogP contribution in [0.25, 0.3) is 0 Å². The number of thioether (sulfide) groups is 1. The van der Waals surface area contributed by atoms with Crippen molar-refractivity contribution in [3.8, 4) is 6.07 Å². The van der Waals surface area contributed by atoms with Crippen molar-refractivity contribution in [3.63, 3.8) is 0 Å². The molecule has 3 atom stereocenters. The molecule has 0 unspecified atom stereocenters. The van der Waals surface area contributed by atoms with E-state index in [0.29, 0.717) is 17.7 Å². The zero-order valence-electron chi connectivity index (χ0n) is 19.3. The minimum absolute atomic E-state index is 0.0576. The van der Waals surface area contributed by atoms with Gasteiger partial charge in [-0.2, -0.15) is 5.26 Å². The van der Waals surface area contributed by atoms with Crippen molar-refractivity contribution in [3.05, 3.63) is 46.0 Å². The van der Waals surface area contributed by atoms with E-state index in [1.54, 1.807) is 12.1 Å². The van der Waals surface area contributed by atoms with Gasteiger partial charge in [0.25, 0.3) is 0 Å². The lowest BCUT2D eigenvalue weighted by molar-refractivity contribution is -0.150. The number of piperidine rings is 1. The van der Waals surface area contributed by atoms with Crippen LogP contribution in [-0.4, -0.2) is 61.2 Å². The van der Waals surface area contributed by atoms with Crippen molar-refractivity contribution >= 4 is 35.5 Å². The van der Waals surface area contributed by atoms with Crippen molar-refractivity contribution in [1.29, 1.82) is 5.26 Å². The van der Waals surface area contributed by atoms with Gasteiger partial charge >= 0.3 is 11.9 Å². The van der Waals surface area contributed by atoms with Crippen molar-refractivity contribution in [2.75, 3.05) is 26.5 Å². The molecule has 180 valence electrons. The summed E-state index contributed by atoms with van der Waals surface area (Å²) >= 11 is 1.08. The molecule has 3 rings (SSSR count). The van der Waals surface area contributed by atoms with Crippen molar-refractivity contribution in [2.24, 2.45) is 5.92 Å². The largest absolute Gasteiger partial charge is 0.468 e. The molecule has 34 heavy (non-hydrogen) atoms. The van der Waals surface area contributed by atoms with Crippen LogP contribution in [0.1, 0.15) is 48.0 Å². The number of likely N-dealkylation sites (tertiary alicyclic amines) is 1. The van der Waals surface area contributed by atoms with Crippen LogP contribution in [-0.2, 0) is 23.9 Å². The number of nitriles is 1. The van der Waals surface area contributed by atoms with Crippen LogP contribution >= 0.6 is 11.8 Å². The highest BCUT2D eigenvalue weighted by Crippen LogP contribution is 2.40. The number of hydrogen-bond acceptors (Lipinski definition) is 8. The average molecular weight is 486 g/mol. The van der Waals surface area contributed by atoms with Gasteiger partial charge in [0.15, 0.2) is 0 Å². The molecule has 0 spiro atoms. The van der Waals surface area contributed by atoms with Crippen LogP contribution in [0, 0.1) is 17.2 Å². The third-order valence-electron chi connectivity index (χ3n) is 6.14. The summed E-state index contributed by atoms with van der Waals surface area (Å²) in [6, 6.07) is 8.42. The van der Waals surface area contributed by atoms with E-state index in [4.69, 9.17) is 9.47 Å². The fourth-order valence-electron chi connectivity index (χ4n) is 4.31. The van der Waals surface area contributed by atoms with Gasteiger partial charge in [-0.05, 0) is 43.9 Å². The fraction of sp³-hybridized carbons (Fsp3) is 0.458. The molecule has 1 N–H and O–H groups in total. The van der Waals surface area contributed by atoms with E-state index in [1.807, 2.05) is 11.8 Å². The molecule has 0 aromatic heterocycles. The van der Waals surface area contributed by atoms with Crippen LogP contribution in [0.5, 0.6) is 0 Å². The lowest BCUT2D eigenvalue weighted by atomic mass is 9.78. The number of methoxy groups -OCH3 is 2. The second kappa shape index (κ2) is 11.2. The SMILES string of the molecule is COC(=O)c1ccc([C@@H]2C(C#N)=C(SCC(=O)N3CCCC[C@H]3C)NC(=O)[C@H]2C(=O)OC)cc1. The molecule has 2 heterocycles. The summed E-state index contributed by atoms with van der Waals surface area (Å²) in [4.78, 5) is 51.8. The number of nitrogens with one attached hydrogen (secondary N) is 1. The van der Waals surface area contributed by atoms with E-state index in [1.165, 1.54) is 26.4 Å². The third kappa shape index (κ3) is 5.25. The number of nitrogens with zero attached hydrogens (tertiary/aromatic N) is 2. The molecule has 2 aliphatic heterocycles.